The van der Waals surface area contributed by atoms with E-state index in [0.29, 0.717) is 22.3 Å². The summed E-state index contributed by atoms with van der Waals surface area (Å²) < 4.78 is 5.34. The van der Waals surface area contributed by atoms with Gasteiger partial charge < -0.3 is 10.1 Å². The van der Waals surface area contributed by atoms with Crippen LogP contribution in [0.2, 0.25) is 10.0 Å². The molecule has 110 valence electrons. The van der Waals surface area contributed by atoms with Crippen LogP contribution in [0.4, 0.5) is 0 Å². The number of benzene rings is 1. The molecule has 2 rings (SSSR count). The molecule has 0 saturated heterocycles. The van der Waals surface area contributed by atoms with Crippen molar-refractivity contribution < 1.29 is 9.53 Å². The molecule has 0 aliphatic heterocycles. The standard InChI is InChI=1S/C15H14Cl2N2O2/c16-13-2-1-12(9-14(13)17)21-10-15(20)19-8-5-11-3-6-18-7-4-11/h1-4,6-7,9H,5,8,10H2,(H,19,20). The predicted molar refractivity (Wildman–Crippen MR) is 82.9 cm³/mol. The van der Waals surface area contributed by atoms with Crippen molar-refractivity contribution in [2.45, 2.75) is 6.42 Å². The van der Waals surface area contributed by atoms with Gasteiger partial charge in [0.25, 0.3) is 5.91 Å². The van der Waals surface area contributed by atoms with Gasteiger partial charge in [0.05, 0.1) is 10.0 Å². The van der Waals surface area contributed by atoms with Crippen LogP contribution >= 0.6 is 23.2 Å². The molecular formula is C15H14Cl2N2O2. The topological polar surface area (TPSA) is 51.2 Å². The molecule has 0 aliphatic carbocycles. The highest BCUT2D eigenvalue weighted by molar-refractivity contribution is 6.42. The first-order valence-electron chi connectivity index (χ1n) is 6.38. The second-order valence-corrected chi connectivity index (χ2v) is 5.13. The number of rotatable bonds is 6. The van der Waals surface area contributed by atoms with Crippen LogP contribution in [0.3, 0.4) is 0 Å². The van der Waals surface area contributed by atoms with Crippen molar-refractivity contribution in [2.24, 2.45) is 0 Å². The maximum atomic E-state index is 11.7. The minimum atomic E-state index is -0.185. The normalized spacial score (nSPS) is 10.2. The van der Waals surface area contributed by atoms with E-state index < -0.39 is 0 Å². The molecule has 1 aromatic heterocycles. The average Bonchev–Trinajstić information content (AvgIpc) is 2.49. The van der Waals surface area contributed by atoms with Crippen LogP contribution in [-0.2, 0) is 11.2 Å². The summed E-state index contributed by atoms with van der Waals surface area (Å²) in [6.07, 6.45) is 4.20. The summed E-state index contributed by atoms with van der Waals surface area (Å²) in [6, 6.07) is 8.70. The molecule has 1 heterocycles. The monoisotopic (exact) mass is 324 g/mol. The number of amides is 1. The molecular weight excluding hydrogens is 311 g/mol. The summed E-state index contributed by atoms with van der Waals surface area (Å²) in [6.45, 7) is 0.488. The summed E-state index contributed by atoms with van der Waals surface area (Å²) in [7, 11) is 0. The van der Waals surface area contributed by atoms with Gasteiger partial charge >= 0.3 is 0 Å². The van der Waals surface area contributed by atoms with E-state index >= 15 is 0 Å². The Morgan fingerprint density at radius 1 is 1.14 bits per heavy atom. The van der Waals surface area contributed by atoms with Gasteiger partial charge in [-0.1, -0.05) is 23.2 Å². The van der Waals surface area contributed by atoms with E-state index in [-0.39, 0.29) is 12.5 Å². The average molecular weight is 325 g/mol. The lowest BCUT2D eigenvalue weighted by Gasteiger charge is -2.08. The fourth-order valence-electron chi connectivity index (χ4n) is 1.66. The summed E-state index contributed by atoms with van der Waals surface area (Å²) in [5, 5.41) is 3.63. The molecule has 0 atom stereocenters. The first-order chi connectivity index (χ1) is 10.1. The Bertz CT molecular complexity index is 606. The quantitative estimate of drug-likeness (QED) is 0.888. The van der Waals surface area contributed by atoms with E-state index in [9.17, 15) is 4.79 Å². The van der Waals surface area contributed by atoms with Gasteiger partial charge in [-0.3, -0.25) is 9.78 Å². The number of aromatic nitrogens is 1. The molecule has 21 heavy (non-hydrogen) atoms. The van der Waals surface area contributed by atoms with Crippen LogP contribution in [0.25, 0.3) is 0 Å². The summed E-state index contributed by atoms with van der Waals surface area (Å²) >= 11 is 11.7. The molecule has 0 bridgehead atoms. The van der Waals surface area contributed by atoms with Gasteiger partial charge in [0.2, 0.25) is 0 Å². The van der Waals surface area contributed by atoms with Gasteiger partial charge in [-0.25, -0.2) is 0 Å². The lowest BCUT2D eigenvalue weighted by molar-refractivity contribution is -0.123. The highest BCUT2D eigenvalue weighted by Gasteiger charge is 2.04. The summed E-state index contributed by atoms with van der Waals surface area (Å²) in [5.41, 5.74) is 1.12. The third kappa shape index (κ3) is 5.25. The molecule has 6 heteroatoms. The number of carbonyl (C=O) groups is 1. The number of nitrogens with zero attached hydrogens (tertiary/aromatic N) is 1. The van der Waals surface area contributed by atoms with Crippen molar-refractivity contribution in [1.29, 1.82) is 0 Å². The van der Waals surface area contributed by atoms with Gasteiger partial charge in [0.15, 0.2) is 6.61 Å². The second-order valence-electron chi connectivity index (χ2n) is 4.32. The van der Waals surface area contributed by atoms with E-state index in [2.05, 4.69) is 10.3 Å². The number of carbonyl (C=O) groups excluding carboxylic acids is 1. The highest BCUT2D eigenvalue weighted by Crippen LogP contribution is 2.26. The molecule has 4 nitrogen and oxygen atoms in total. The fraction of sp³-hybridized carbons (Fsp3) is 0.200. The van der Waals surface area contributed by atoms with Crippen LogP contribution in [0, 0.1) is 0 Å². The maximum absolute atomic E-state index is 11.7. The van der Waals surface area contributed by atoms with Crippen molar-refractivity contribution >= 4 is 29.1 Å². The van der Waals surface area contributed by atoms with Crippen LogP contribution in [-0.4, -0.2) is 24.0 Å². The van der Waals surface area contributed by atoms with Gasteiger partial charge in [-0.05, 0) is 36.2 Å². The van der Waals surface area contributed by atoms with Crippen LogP contribution in [0.15, 0.2) is 42.7 Å². The van der Waals surface area contributed by atoms with E-state index in [1.54, 1.807) is 30.6 Å². The van der Waals surface area contributed by atoms with Crippen LogP contribution in [0.1, 0.15) is 5.56 Å². The number of ether oxygens (including phenoxy) is 1. The first-order valence-corrected chi connectivity index (χ1v) is 7.14. The summed E-state index contributed by atoms with van der Waals surface area (Å²) in [4.78, 5) is 15.6. The van der Waals surface area contributed by atoms with Gasteiger partial charge in [-0.15, -0.1) is 0 Å². The molecule has 0 radical (unpaired) electrons. The molecule has 0 unspecified atom stereocenters. The third-order valence-electron chi connectivity index (χ3n) is 2.75. The molecule has 1 N–H and O–H groups in total. The smallest absolute Gasteiger partial charge is 0.257 e. The molecule has 1 amide bonds. The zero-order valence-electron chi connectivity index (χ0n) is 11.2. The predicted octanol–water partition coefficient (Wildman–Crippen LogP) is 3.13. The van der Waals surface area contributed by atoms with E-state index in [0.717, 1.165) is 12.0 Å². The van der Waals surface area contributed by atoms with Crippen LogP contribution in [0.5, 0.6) is 5.75 Å². The van der Waals surface area contributed by atoms with Gasteiger partial charge in [0, 0.05) is 25.0 Å². The Hall–Kier alpha value is -1.78. The SMILES string of the molecule is O=C(COc1ccc(Cl)c(Cl)c1)NCCc1ccncc1. The number of nitrogens with one attached hydrogen (secondary N) is 1. The Labute approximate surface area is 133 Å². The van der Waals surface area contributed by atoms with Gasteiger partial charge in [0.1, 0.15) is 5.75 Å². The molecule has 1 aromatic carbocycles. The Kier molecular flexibility index (Phi) is 5.84. The Balaban J connectivity index is 1.71. The van der Waals surface area contributed by atoms with Crippen LogP contribution < -0.4 is 10.1 Å². The summed E-state index contributed by atoms with van der Waals surface area (Å²) in [5.74, 6) is 0.323. The molecule has 0 aliphatic rings. The largest absolute Gasteiger partial charge is 0.484 e. The Morgan fingerprint density at radius 3 is 2.62 bits per heavy atom. The lowest BCUT2D eigenvalue weighted by Crippen LogP contribution is -2.30. The number of hydrogen-bond acceptors (Lipinski definition) is 3. The molecule has 0 fully saturated rings. The number of pyridine rings is 1. The number of halogens is 2. The molecule has 2 aromatic rings. The Morgan fingerprint density at radius 2 is 1.90 bits per heavy atom. The van der Waals surface area contributed by atoms with E-state index in [1.807, 2.05) is 12.1 Å². The van der Waals surface area contributed by atoms with E-state index in [1.165, 1.54) is 0 Å². The number of hydrogen-bond donors (Lipinski definition) is 1. The third-order valence-corrected chi connectivity index (χ3v) is 3.49. The lowest BCUT2D eigenvalue weighted by atomic mass is 10.2. The molecule has 0 saturated carbocycles. The van der Waals surface area contributed by atoms with Crippen molar-refractivity contribution in [2.75, 3.05) is 13.2 Å². The molecule has 0 spiro atoms. The second kappa shape index (κ2) is 7.86. The van der Waals surface area contributed by atoms with E-state index in [4.69, 9.17) is 27.9 Å². The van der Waals surface area contributed by atoms with Crippen molar-refractivity contribution in [3.63, 3.8) is 0 Å². The minimum absolute atomic E-state index is 0.0612. The zero-order chi connectivity index (χ0) is 15.1. The fourth-order valence-corrected chi connectivity index (χ4v) is 1.95. The van der Waals surface area contributed by atoms with Crippen molar-refractivity contribution in [1.82, 2.24) is 10.3 Å². The zero-order valence-corrected chi connectivity index (χ0v) is 12.7. The van der Waals surface area contributed by atoms with Crippen molar-refractivity contribution in [3.05, 3.63) is 58.3 Å². The maximum Gasteiger partial charge on any atom is 0.257 e. The van der Waals surface area contributed by atoms with Gasteiger partial charge in [-0.2, -0.15) is 0 Å². The first kappa shape index (κ1) is 15.6. The minimum Gasteiger partial charge on any atom is -0.484 e. The van der Waals surface area contributed by atoms with Crippen molar-refractivity contribution in [3.8, 4) is 5.75 Å². The highest BCUT2D eigenvalue weighted by atomic mass is 35.5.